The van der Waals surface area contributed by atoms with Gasteiger partial charge in [0.05, 0.1) is 5.69 Å². The molecule has 2 aromatic carbocycles. The molecule has 182 valence electrons. The van der Waals surface area contributed by atoms with Crippen molar-refractivity contribution in [2.24, 2.45) is 0 Å². The third kappa shape index (κ3) is 5.26. The first kappa shape index (κ1) is 25.4. The first-order chi connectivity index (χ1) is 17.2. The second-order valence-corrected chi connectivity index (χ2v) is 10.6. The molecule has 3 aromatic rings. The lowest BCUT2D eigenvalue weighted by Crippen LogP contribution is -2.11. The van der Waals surface area contributed by atoms with Crippen molar-refractivity contribution >= 4 is 11.1 Å². The van der Waals surface area contributed by atoms with Gasteiger partial charge in [-0.2, -0.15) is 0 Å². The smallest absolute Gasteiger partial charge is 0.0708 e. The van der Waals surface area contributed by atoms with Crippen LogP contribution in [0.4, 0.5) is 0 Å². The Morgan fingerprint density at radius 2 is 1.72 bits per heavy atom. The third-order valence-corrected chi connectivity index (χ3v) is 7.05. The number of hydrogen-bond donors (Lipinski definition) is 0. The van der Waals surface area contributed by atoms with Crippen LogP contribution in [0, 0.1) is 13.8 Å². The molecule has 0 saturated carbocycles. The maximum absolute atomic E-state index is 5.00. The molecule has 0 atom stereocenters. The Kier molecular flexibility index (Phi) is 7.40. The summed E-state index contributed by atoms with van der Waals surface area (Å²) in [6, 6.07) is 15.7. The first-order valence-electron chi connectivity index (χ1n) is 12.8. The van der Waals surface area contributed by atoms with Crippen molar-refractivity contribution in [1.29, 1.82) is 0 Å². The molecule has 1 aromatic heterocycles. The van der Waals surface area contributed by atoms with E-state index in [1.54, 1.807) is 0 Å². The average Bonchev–Trinajstić information content (AvgIpc) is 2.88. The molecular weight excluding hydrogens is 434 g/mol. The average molecular weight is 472 g/mol. The summed E-state index contributed by atoms with van der Waals surface area (Å²) in [4.78, 5) is 5.00. The van der Waals surface area contributed by atoms with Crippen molar-refractivity contribution in [3.8, 4) is 22.4 Å². The lowest BCUT2D eigenvalue weighted by Gasteiger charge is -2.22. The van der Waals surface area contributed by atoms with Crippen molar-refractivity contribution in [1.82, 2.24) is 4.98 Å². The quantitative estimate of drug-likeness (QED) is 0.326. The fourth-order valence-electron chi connectivity index (χ4n) is 4.72. The van der Waals surface area contributed by atoms with Gasteiger partial charge < -0.3 is 0 Å². The minimum atomic E-state index is 0.0119. The van der Waals surface area contributed by atoms with Crippen LogP contribution < -0.4 is 0 Å². The Morgan fingerprint density at radius 3 is 2.39 bits per heavy atom. The van der Waals surface area contributed by atoms with E-state index in [1.807, 2.05) is 24.4 Å². The normalized spacial score (nSPS) is 13.9. The van der Waals surface area contributed by atoms with Crippen molar-refractivity contribution < 1.29 is 0 Å². The zero-order valence-corrected chi connectivity index (χ0v) is 22.4. The van der Waals surface area contributed by atoms with Gasteiger partial charge in [0.2, 0.25) is 0 Å². The molecule has 1 aliphatic carbocycles. The molecule has 1 heteroatoms. The molecule has 0 fully saturated rings. The Morgan fingerprint density at radius 1 is 0.944 bits per heavy atom. The first-order valence-corrected chi connectivity index (χ1v) is 12.8. The Bertz CT molecular complexity index is 1400. The molecule has 4 rings (SSSR count). The summed E-state index contributed by atoms with van der Waals surface area (Å²) in [5, 5.41) is 0. The summed E-state index contributed by atoms with van der Waals surface area (Å²) in [5.41, 5.74) is 13.0. The molecule has 0 spiro atoms. The summed E-state index contributed by atoms with van der Waals surface area (Å²) < 4.78 is 0. The number of allylic oxidation sites excluding steroid dienone is 8. The lowest BCUT2D eigenvalue weighted by atomic mass is 9.82. The Balaban J connectivity index is 1.96. The van der Waals surface area contributed by atoms with Gasteiger partial charge in [-0.3, -0.25) is 4.98 Å². The number of pyridine rings is 1. The van der Waals surface area contributed by atoms with Crippen molar-refractivity contribution in [3.63, 3.8) is 0 Å². The second kappa shape index (κ2) is 10.5. The summed E-state index contributed by atoms with van der Waals surface area (Å²) >= 11 is 0. The van der Waals surface area contributed by atoms with E-state index in [2.05, 4.69) is 108 Å². The predicted molar refractivity (Wildman–Crippen MR) is 158 cm³/mol. The van der Waals surface area contributed by atoms with E-state index in [9.17, 15) is 0 Å². The number of rotatable bonds is 6. The van der Waals surface area contributed by atoms with Gasteiger partial charge >= 0.3 is 0 Å². The lowest BCUT2D eigenvalue weighted by molar-refractivity contribution is 0.590. The van der Waals surface area contributed by atoms with E-state index in [-0.39, 0.29) is 5.41 Å². The third-order valence-electron chi connectivity index (χ3n) is 7.05. The number of aryl methyl sites for hydroxylation is 1. The van der Waals surface area contributed by atoms with E-state index in [4.69, 9.17) is 4.98 Å². The van der Waals surface area contributed by atoms with Gasteiger partial charge in [0, 0.05) is 17.3 Å². The molecular formula is C35H37N. The van der Waals surface area contributed by atoms with Crippen LogP contribution in [0.15, 0.2) is 98.3 Å². The molecule has 0 N–H and O–H groups in total. The highest BCUT2D eigenvalue weighted by molar-refractivity contribution is 5.89. The van der Waals surface area contributed by atoms with Gasteiger partial charge in [-0.25, -0.2) is 0 Å². The van der Waals surface area contributed by atoms with Crippen LogP contribution in [0.25, 0.3) is 33.5 Å². The van der Waals surface area contributed by atoms with Gasteiger partial charge in [0.25, 0.3) is 0 Å². The SMILES string of the molecule is C=C/C=C(\C=C)c1cc(-c2cc(-c3cccc(C)c3C)cc(C(C)(C)C)c2)ncc1C1=CCCC=C1. The summed E-state index contributed by atoms with van der Waals surface area (Å²) in [5.74, 6) is 0. The number of benzene rings is 2. The fraction of sp³-hybridized carbons (Fsp3) is 0.229. The number of aromatic nitrogens is 1. The van der Waals surface area contributed by atoms with Crippen LogP contribution in [-0.4, -0.2) is 4.98 Å². The largest absolute Gasteiger partial charge is 0.256 e. The standard InChI is InChI=1S/C35H37N/c1-8-14-26(9-2)32-22-34(36-23-33(32)27-16-11-10-12-17-27)29-19-28(20-30(21-29)35(5,6)7)31-18-13-15-24(3)25(31)4/h8-9,11,13-23H,1-2,10,12H2,3-7H3/b26-14+. The number of nitrogens with zero attached hydrogens (tertiary/aromatic N) is 1. The predicted octanol–water partition coefficient (Wildman–Crippen LogP) is 9.82. The van der Waals surface area contributed by atoms with Gasteiger partial charge in [0.1, 0.15) is 0 Å². The minimum absolute atomic E-state index is 0.0119. The van der Waals surface area contributed by atoms with E-state index in [0.29, 0.717) is 0 Å². The van der Waals surface area contributed by atoms with Crippen molar-refractivity contribution in [2.45, 2.75) is 52.9 Å². The molecule has 36 heavy (non-hydrogen) atoms. The van der Waals surface area contributed by atoms with E-state index in [1.165, 1.54) is 33.4 Å². The van der Waals surface area contributed by atoms with Crippen LogP contribution in [0.5, 0.6) is 0 Å². The fourth-order valence-corrected chi connectivity index (χ4v) is 4.72. The summed E-state index contributed by atoms with van der Waals surface area (Å²) in [7, 11) is 0. The van der Waals surface area contributed by atoms with Crippen LogP contribution in [-0.2, 0) is 5.41 Å². The molecule has 0 saturated heterocycles. The molecule has 0 unspecified atom stereocenters. The summed E-state index contributed by atoms with van der Waals surface area (Å²) in [6.45, 7) is 19.2. The molecule has 0 bridgehead atoms. The van der Waals surface area contributed by atoms with Gasteiger partial charge in [-0.1, -0.05) is 94.7 Å². The van der Waals surface area contributed by atoms with Crippen LogP contribution >= 0.6 is 0 Å². The van der Waals surface area contributed by atoms with Crippen LogP contribution in [0.3, 0.4) is 0 Å². The van der Waals surface area contributed by atoms with Crippen LogP contribution in [0.2, 0.25) is 0 Å². The van der Waals surface area contributed by atoms with E-state index < -0.39 is 0 Å². The highest BCUT2D eigenvalue weighted by Crippen LogP contribution is 2.37. The van der Waals surface area contributed by atoms with Gasteiger partial charge in [-0.05, 0) is 94.8 Å². The van der Waals surface area contributed by atoms with Crippen LogP contribution in [0.1, 0.15) is 61.4 Å². The topological polar surface area (TPSA) is 12.9 Å². The van der Waals surface area contributed by atoms with Gasteiger partial charge in [-0.15, -0.1) is 0 Å². The van der Waals surface area contributed by atoms with Crippen molar-refractivity contribution in [2.75, 3.05) is 0 Å². The Hall–Kier alpha value is -3.71. The molecule has 1 nitrogen and oxygen atoms in total. The summed E-state index contributed by atoms with van der Waals surface area (Å²) in [6.07, 6.45) is 16.7. The monoisotopic (exact) mass is 471 g/mol. The maximum Gasteiger partial charge on any atom is 0.0708 e. The molecule has 1 heterocycles. The number of hydrogen-bond acceptors (Lipinski definition) is 1. The second-order valence-electron chi connectivity index (χ2n) is 10.6. The molecule has 1 aliphatic rings. The zero-order valence-electron chi connectivity index (χ0n) is 22.4. The van der Waals surface area contributed by atoms with Gasteiger partial charge in [0.15, 0.2) is 0 Å². The molecule has 0 aliphatic heterocycles. The van der Waals surface area contributed by atoms with E-state index >= 15 is 0 Å². The van der Waals surface area contributed by atoms with Crippen molar-refractivity contribution in [3.05, 3.63) is 126 Å². The molecule has 0 amide bonds. The Labute approximate surface area is 217 Å². The zero-order chi connectivity index (χ0) is 25.9. The van der Waals surface area contributed by atoms with E-state index in [0.717, 1.165) is 40.8 Å². The maximum atomic E-state index is 5.00. The highest BCUT2D eigenvalue weighted by atomic mass is 14.7. The molecule has 0 radical (unpaired) electrons. The highest BCUT2D eigenvalue weighted by Gasteiger charge is 2.19. The minimum Gasteiger partial charge on any atom is -0.256 e.